The third-order valence-corrected chi connectivity index (χ3v) is 6.54. The van der Waals surface area contributed by atoms with Crippen LogP contribution in [0.1, 0.15) is 25.7 Å². The fourth-order valence-electron chi connectivity index (χ4n) is 1.96. The smallest absolute Gasteiger partial charge is 0.250 e. The first kappa shape index (κ1) is 16.4. The number of rotatable bonds is 3. The maximum absolute atomic E-state index is 12.0. The summed E-state index contributed by atoms with van der Waals surface area (Å²) in [5.41, 5.74) is 5.79. The number of nitrogens with two attached hydrogens (primary N) is 1. The predicted octanol–water partition coefficient (Wildman–Crippen LogP) is 2.48. The summed E-state index contributed by atoms with van der Waals surface area (Å²) in [6, 6.07) is 3.62. The molecule has 2 rings (SSSR count). The number of thiophene rings is 1. The van der Waals surface area contributed by atoms with Gasteiger partial charge in [-0.25, -0.2) is 13.1 Å². The van der Waals surface area contributed by atoms with Crippen LogP contribution in [0.4, 0.5) is 0 Å². The van der Waals surface area contributed by atoms with Crippen LogP contribution in [0.3, 0.4) is 0 Å². The molecule has 1 heterocycles. The lowest BCUT2D eigenvalue weighted by molar-refractivity contribution is 0.374. The lowest BCUT2D eigenvalue weighted by Crippen LogP contribution is -2.40. The maximum atomic E-state index is 12.0. The zero-order valence-electron chi connectivity index (χ0n) is 9.63. The van der Waals surface area contributed by atoms with Gasteiger partial charge in [-0.05, 0) is 53.7 Å². The fraction of sp³-hybridized carbons (Fsp3) is 0.600. The minimum absolute atomic E-state index is 0. The molecule has 0 aromatic carbocycles. The molecule has 4 nitrogen and oxygen atoms in total. The van der Waals surface area contributed by atoms with Crippen molar-refractivity contribution in [3.8, 4) is 0 Å². The molecule has 18 heavy (non-hydrogen) atoms. The Morgan fingerprint density at radius 1 is 1.28 bits per heavy atom. The van der Waals surface area contributed by atoms with E-state index in [0.717, 1.165) is 29.5 Å². The third kappa shape index (κ3) is 4.18. The normalized spacial score (nSPS) is 24.6. The molecule has 0 atom stereocenters. The van der Waals surface area contributed by atoms with Gasteiger partial charge in [-0.1, -0.05) is 0 Å². The van der Waals surface area contributed by atoms with Crippen LogP contribution in [0, 0.1) is 0 Å². The average molecular weight is 376 g/mol. The second kappa shape index (κ2) is 6.67. The van der Waals surface area contributed by atoms with E-state index in [4.69, 9.17) is 5.73 Å². The highest BCUT2D eigenvalue weighted by atomic mass is 79.9. The van der Waals surface area contributed by atoms with E-state index in [1.54, 1.807) is 12.1 Å². The van der Waals surface area contributed by atoms with E-state index in [2.05, 4.69) is 20.7 Å². The molecule has 1 aromatic rings. The summed E-state index contributed by atoms with van der Waals surface area (Å²) >= 11 is 4.49. The van der Waals surface area contributed by atoms with E-state index in [1.165, 1.54) is 11.3 Å². The number of sulfonamides is 1. The molecular formula is C10H16BrClN2O2S2. The van der Waals surface area contributed by atoms with Crippen molar-refractivity contribution in [3.63, 3.8) is 0 Å². The van der Waals surface area contributed by atoms with Crippen molar-refractivity contribution in [3.05, 3.63) is 15.9 Å². The van der Waals surface area contributed by atoms with Crippen molar-refractivity contribution in [2.24, 2.45) is 5.73 Å². The SMILES string of the molecule is Cl.NC1CCC(NS(=O)(=O)c2ccc(Br)s2)CC1. The van der Waals surface area contributed by atoms with Crippen LogP contribution in [-0.2, 0) is 10.0 Å². The van der Waals surface area contributed by atoms with Gasteiger partial charge in [-0.15, -0.1) is 23.7 Å². The Kier molecular flexibility index (Phi) is 6.08. The van der Waals surface area contributed by atoms with E-state index in [-0.39, 0.29) is 24.5 Å². The maximum Gasteiger partial charge on any atom is 0.250 e. The van der Waals surface area contributed by atoms with Crippen molar-refractivity contribution in [1.29, 1.82) is 0 Å². The van der Waals surface area contributed by atoms with Gasteiger partial charge >= 0.3 is 0 Å². The molecule has 0 radical (unpaired) electrons. The Morgan fingerprint density at radius 3 is 2.39 bits per heavy atom. The van der Waals surface area contributed by atoms with Gasteiger partial charge in [0.2, 0.25) is 10.0 Å². The van der Waals surface area contributed by atoms with Crippen molar-refractivity contribution in [2.45, 2.75) is 42.0 Å². The lowest BCUT2D eigenvalue weighted by Gasteiger charge is -2.26. The van der Waals surface area contributed by atoms with Gasteiger partial charge in [0.25, 0.3) is 0 Å². The van der Waals surface area contributed by atoms with E-state index >= 15 is 0 Å². The van der Waals surface area contributed by atoms with E-state index in [0.29, 0.717) is 4.21 Å². The molecule has 1 aliphatic rings. The van der Waals surface area contributed by atoms with Crippen LogP contribution in [-0.4, -0.2) is 20.5 Å². The number of hydrogen-bond acceptors (Lipinski definition) is 4. The first-order valence-electron chi connectivity index (χ1n) is 5.50. The highest BCUT2D eigenvalue weighted by molar-refractivity contribution is 9.11. The molecule has 1 aromatic heterocycles. The molecular weight excluding hydrogens is 360 g/mol. The number of nitrogens with one attached hydrogen (secondary N) is 1. The van der Waals surface area contributed by atoms with Gasteiger partial charge in [-0.3, -0.25) is 0 Å². The standard InChI is InChI=1S/C10H15BrN2O2S2.ClH/c11-9-5-6-10(16-9)17(14,15)13-8-3-1-7(12)2-4-8;/h5-8,13H,1-4,12H2;1H. The largest absolute Gasteiger partial charge is 0.328 e. The summed E-state index contributed by atoms with van der Waals surface area (Å²) in [5, 5.41) is 0. The minimum Gasteiger partial charge on any atom is -0.328 e. The highest BCUT2D eigenvalue weighted by Crippen LogP contribution is 2.27. The zero-order valence-corrected chi connectivity index (χ0v) is 13.7. The van der Waals surface area contributed by atoms with E-state index < -0.39 is 10.0 Å². The van der Waals surface area contributed by atoms with Gasteiger partial charge in [0.05, 0.1) is 3.79 Å². The van der Waals surface area contributed by atoms with Gasteiger partial charge in [0.15, 0.2) is 0 Å². The summed E-state index contributed by atoms with van der Waals surface area (Å²) < 4.78 is 28.0. The summed E-state index contributed by atoms with van der Waals surface area (Å²) in [4.78, 5) is 0. The lowest BCUT2D eigenvalue weighted by atomic mass is 9.93. The molecule has 1 aliphatic carbocycles. The molecule has 1 saturated carbocycles. The second-order valence-electron chi connectivity index (χ2n) is 4.29. The molecule has 104 valence electrons. The van der Waals surface area contributed by atoms with Crippen molar-refractivity contribution in [1.82, 2.24) is 4.72 Å². The Labute approximate surface area is 126 Å². The Balaban J connectivity index is 0.00000162. The van der Waals surface area contributed by atoms with Crippen LogP contribution in [0.15, 0.2) is 20.1 Å². The summed E-state index contributed by atoms with van der Waals surface area (Å²) in [6.45, 7) is 0. The van der Waals surface area contributed by atoms with Crippen LogP contribution in [0.25, 0.3) is 0 Å². The first-order chi connectivity index (χ1) is 7.97. The van der Waals surface area contributed by atoms with Gasteiger partial charge in [0, 0.05) is 12.1 Å². The van der Waals surface area contributed by atoms with Crippen molar-refractivity contribution < 1.29 is 8.42 Å². The Hall–Kier alpha value is 0.340. The number of hydrogen-bond donors (Lipinski definition) is 2. The topological polar surface area (TPSA) is 72.2 Å². The summed E-state index contributed by atoms with van der Waals surface area (Å²) in [7, 11) is -3.36. The molecule has 0 unspecified atom stereocenters. The predicted molar refractivity (Wildman–Crippen MR) is 79.8 cm³/mol. The molecule has 0 bridgehead atoms. The third-order valence-electron chi connectivity index (χ3n) is 2.91. The molecule has 8 heteroatoms. The average Bonchev–Trinajstić information content (AvgIpc) is 2.69. The second-order valence-corrected chi connectivity index (χ2v) is 8.70. The van der Waals surface area contributed by atoms with Gasteiger partial charge in [0.1, 0.15) is 4.21 Å². The quantitative estimate of drug-likeness (QED) is 0.852. The van der Waals surface area contributed by atoms with Crippen LogP contribution >= 0.6 is 39.7 Å². The van der Waals surface area contributed by atoms with E-state index in [9.17, 15) is 8.42 Å². The zero-order chi connectivity index (χ0) is 12.5. The molecule has 1 fully saturated rings. The van der Waals surface area contributed by atoms with Gasteiger partial charge in [-0.2, -0.15) is 0 Å². The molecule has 0 saturated heterocycles. The highest BCUT2D eigenvalue weighted by Gasteiger charge is 2.25. The Bertz CT molecular complexity index is 484. The van der Waals surface area contributed by atoms with Gasteiger partial charge < -0.3 is 5.73 Å². The van der Waals surface area contributed by atoms with Crippen molar-refractivity contribution in [2.75, 3.05) is 0 Å². The molecule has 0 aliphatic heterocycles. The first-order valence-corrected chi connectivity index (χ1v) is 8.60. The van der Waals surface area contributed by atoms with Crippen LogP contribution in [0.2, 0.25) is 0 Å². The Morgan fingerprint density at radius 2 is 1.89 bits per heavy atom. The molecule has 0 spiro atoms. The molecule has 0 amide bonds. The monoisotopic (exact) mass is 374 g/mol. The fourth-order valence-corrected chi connectivity index (χ4v) is 5.29. The van der Waals surface area contributed by atoms with Crippen LogP contribution < -0.4 is 10.5 Å². The van der Waals surface area contributed by atoms with Crippen LogP contribution in [0.5, 0.6) is 0 Å². The van der Waals surface area contributed by atoms with Crippen molar-refractivity contribution >= 4 is 49.7 Å². The summed E-state index contributed by atoms with van der Waals surface area (Å²) in [6.07, 6.45) is 3.43. The number of halogens is 2. The summed E-state index contributed by atoms with van der Waals surface area (Å²) in [5.74, 6) is 0. The minimum atomic E-state index is -3.36. The van der Waals surface area contributed by atoms with E-state index in [1.807, 2.05) is 0 Å². The molecule has 3 N–H and O–H groups in total.